The van der Waals surface area contributed by atoms with Crippen molar-refractivity contribution < 1.29 is 4.42 Å². The summed E-state index contributed by atoms with van der Waals surface area (Å²) >= 11 is 0. The van der Waals surface area contributed by atoms with Crippen molar-refractivity contribution in [1.29, 1.82) is 0 Å². The molecule has 9 aromatic rings. The fraction of sp³-hybridized carbons (Fsp3) is 0.0204. The van der Waals surface area contributed by atoms with Crippen molar-refractivity contribution in [3.8, 4) is 0 Å². The van der Waals surface area contributed by atoms with E-state index in [-0.39, 0.29) is 7.43 Å². The summed E-state index contributed by atoms with van der Waals surface area (Å²) in [6, 6.07) is 80.7. The lowest BCUT2D eigenvalue weighted by Gasteiger charge is -2.34. The first kappa shape index (κ1) is 33.2. The molecular formula is C49H40OSi2. The minimum atomic E-state index is -2.72. The molecule has 0 unspecified atom stereocenters. The van der Waals surface area contributed by atoms with E-state index in [1.807, 2.05) is 0 Å². The molecule has 1 aromatic heterocycles. The average Bonchev–Trinajstić information content (AvgIpc) is 3.59. The van der Waals surface area contributed by atoms with Gasteiger partial charge in [-0.2, -0.15) is 0 Å². The van der Waals surface area contributed by atoms with Gasteiger partial charge in [0.2, 0.25) is 0 Å². The van der Waals surface area contributed by atoms with Gasteiger partial charge in [-0.05, 0) is 53.6 Å². The Balaban J connectivity index is 0.00000387. The molecule has 0 atom stereocenters. The molecular weight excluding hydrogens is 661 g/mol. The van der Waals surface area contributed by atoms with Crippen molar-refractivity contribution in [1.82, 2.24) is 0 Å². The van der Waals surface area contributed by atoms with E-state index in [9.17, 15) is 0 Å². The van der Waals surface area contributed by atoms with Crippen LogP contribution in [0.5, 0.6) is 0 Å². The SMILES string of the molecule is C.c1ccc([Si](c2ccccc2)(c2ccccc2)c2ccc3oc4ccc([Si](c5ccccc5)(c5ccccc5)c5ccccc5)cc4c3c2)cc1. The first-order valence-electron chi connectivity index (χ1n) is 17.6. The topological polar surface area (TPSA) is 13.1 Å². The molecule has 0 bridgehead atoms. The Hall–Kier alpha value is -6.01. The van der Waals surface area contributed by atoms with E-state index in [1.165, 1.54) is 41.5 Å². The van der Waals surface area contributed by atoms with Gasteiger partial charge in [0.25, 0.3) is 0 Å². The summed E-state index contributed by atoms with van der Waals surface area (Å²) in [5.41, 5.74) is 1.82. The number of hydrogen-bond donors (Lipinski definition) is 0. The third kappa shape index (κ3) is 5.29. The second-order valence-corrected chi connectivity index (χ2v) is 20.8. The summed E-state index contributed by atoms with van der Waals surface area (Å²) in [6.45, 7) is 0. The van der Waals surface area contributed by atoms with Gasteiger partial charge >= 0.3 is 0 Å². The summed E-state index contributed by atoms with van der Waals surface area (Å²) < 4.78 is 6.65. The lowest BCUT2D eigenvalue weighted by Crippen LogP contribution is -2.74. The van der Waals surface area contributed by atoms with Gasteiger partial charge in [-0.1, -0.05) is 214 Å². The number of furan rings is 1. The lowest BCUT2D eigenvalue weighted by molar-refractivity contribution is 0.669. The fourth-order valence-corrected chi connectivity index (χ4v) is 17.9. The smallest absolute Gasteiger partial charge is 0.179 e. The Kier molecular flexibility index (Phi) is 8.90. The van der Waals surface area contributed by atoms with Crippen LogP contribution in [0.2, 0.25) is 0 Å². The molecule has 52 heavy (non-hydrogen) atoms. The van der Waals surface area contributed by atoms with E-state index in [0.29, 0.717) is 0 Å². The third-order valence-electron chi connectivity index (χ3n) is 10.6. The highest BCUT2D eigenvalue weighted by Gasteiger charge is 2.43. The van der Waals surface area contributed by atoms with Gasteiger partial charge < -0.3 is 4.42 Å². The number of rotatable bonds is 8. The van der Waals surface area contributed by atoms with Gasteiger partial charge in [0.15, 0.2) is 16.1 Å². The van der Waals surface area contributed by atoms with Gasteiger partial charge in [-0.15, -0.1) is 0 Å². The second-order valence-electron chi connectivity index (χ2n) is 13.2. The monoisotopic (exact) mass is 700 g/mol. The Morgan fingerprint density at radius 3 is 0.712 bits per heavy atom. The van der Waals surface area contributed by atoms with Crippen LogP contribution in [0, 0.1) is 0 Å². The summed E-state index contributed by atoms with van der Waals surface area (Å²) in [5, 5.41) is 13.1. The first-order chi connectivity index (χ1) is 25.3. The largest absolute Gasteiger partial charge is 0.456 e. The molecule has 0 aliphatic rings. The van der Waals surface area contributed by atoms with Crippen LogP contribution in [0.3, 0.4) is 0 Å². The molecule has 0 spiro atoms. The van der Waals surface area contributed by atoms with Gasteiger partial charge in [0.1, 0.15) is 11.2 Å². The molecule has 0 fully saturated rings. The minimum absolute atomic E-state index is 0. The zero-order valence-corrected chi connectivity index (χ0v) is 30.2. The molecule has 3 heteroatoms. The van der Waals surface area contributed by atoms with Crippen molar-refractivity contribution in [2.45, 2.75) is 7.43 Å². The maximum absolute atomic E-state index is 6.65. The Bertz CT molecular complexity index is 2180. The first-order valence-corrected chi connectivity index (χ1v) is 21.6. The zero-order chi connectivity index (χ0) is 34.1. The van der Waals surface area contributed by atoms with Crippen molar-refractivity contribution in [2.24, 2.45) is 0 Å². The highest BCUT2D eigenvalue weighted by molar-refractivity contribution is 7.20. The van der Waals surface area contributed by atoms with Crippen LogP contribution < -0.4 is 41.5 Å². The Labute approximate surface area is 308 Å². The van der Waals surface area contributed by atoms with Gasteiger partial charge in [-0.25, -0.2) is 0 Å². The molecule has 0 amide bonds. The normalized spacial score (nSPS) is 11.7. The maximum Gasteiger partial charge on any atom is 0.179 e. The number of fused-ring (bicyclic) bond motifs is 3. The summed E-state index contributed by atoms with van der Waals surface area (Å²) in [4.78, 5) is 0. The summed E-state index contributed by atoms with van der Waals surface area (Å²) in [6.07, 6.45) is 0. The van der Waals surface area contributed by atoms with Crippen molar-refractivity contribution >= 4 is 79.6 Å². The predicted octanol–water partition coefficient (Wildman–Crippen LogP) is 6.98. The molecule has 1 nitrogen and oxygen atoms in total. The van der Waals surface area contributed by atoms with Crippen LogP contribution >= 0.6 is 0 Å². The molecule has 0 saturated heterocycles. The predicted molar refractivity (Wildman–Crippen MR) is 228 cm³/mol. The van der Waals surface area contributed by atoms with Gasteiger partial charge in [0.05, 0.1) is 0 Å². The van der Waals surface area contributed by atoms with Gasteiger partial charge in [-0.3, -0.25) is 0 Å². The molecule has 0 N–H and O–H groups in total. The van der Waals surface area contributed by atoms with E-state index < -0.39 is 16.1 Å². The third-order valence-corrected chi connectivity index (χ3v) is 20.1. The van der Waals surface area contributed by atoms with Gasteiger partial charge in [0, 0.05) is 10.8 Å². The quantitative estimate of drug-likeness (QED) is 0.123. The molecule has 1 heterocycles. The van der Waals surface area contributed by atoms with Crippen molar-refractivity contribution in [2.75, 3.05) is 0 Å². The fourth-order valence-electron chi connectivity index (χ4n) is 8.37. The zero-order valence-electron chi connectivity index (χ0n) is 28.2. The van der Waals surface area contributed by atoms with Crippen LogP contribution in [0.4, 0.5) is 0 Å². The van der Waals surface area contributed by atoms with Crippen LogP contribution in [0.25, 0.3) is 21.9 Å². The molecule has 8 aromatic carbocycles. The summed E-state index contributed by atoms with van der Waals surface area (Å²) in [5.74, 6) is 0. The van der Waals surface area contributed by atoms with E-state index in [1.54, 1.807) is 0 Å². The Morgan fingerprint density at radius 2 is 0.481 bits per heavy atom. The lowest BCUT2D eigenvalue weighted by atomic mass is 10.1. The van der Waals surface area contributed by atoms with Crippen LogP contribution in [0.1, 0.15) is 7.43 Å². The molecule has 0 aliphatic heterocycles. The second kappa shape index (κ2) is 14.0. The van der Waals surface area contributed by atoms with Crippen molar-refractivity contribution in [3.63, 3.8) is 0 Å². The van der Waals surface area contributed by atoms with Crippen LogP contribution in [0.15, 0.2) is 223 Å². The van der Waals surface area contributed by atoms with Crippen LogP contribution in [-0.2, 0) is 0 Å². The molecule has 0 radical (unpaired) electrons. The molecule has 0 aliphatic carbocycles. The summed E-state index contributed by atoms with van der Waals surface area (Å²) in [7, 11) is -5.44. The molecule has 9 rings (SSSR count). The highest BCUT2D eigenvalue weighted by atomic mass is 28.3. The van der Waals surface area contributed by atoms with E-state index in [2.05, 4.69) is 218 Å². The molecule has 250 valence electrons. The number of benzene rings is 8. The molecule has 0 saturated carbocycles. The standard InChI is InChI=1S/C48H36OSi2.CH4/c1-7-19-37(20-8-1)50(38-21-9-2-10-22-38,39-23-11-3-12-24-39)43-31-33-47-45(35-43)46-36-44(32-34-48(46)49-47)51(40-25-13-4-14-26-40,41-27-15-5-16-28-41)42-29-17-6-18-30-42;/h1-36H;1H4. The highest BCUT2D eigenvalue weighted by Crippen LogP contribution is 2.29. The van der Waals surface area contributed by atoms with Crippen LogP contribution in [-0.4, -0.2) is 16.1 Å². The Morgan fingerprint density at radius 1 is 0.250 bits per heavy atom. The van der Waals surface area contributed by atoms with E-state index in [0.717, 1.165) is 21.9 Å². The minimum Gasteiger partial charge on any atom is -0.456 e. The average molecular weight is 701 g/mol. The maximum atomic E-state index is 6.65. The number of hydrogen-bond acceptors (Lipinski definition) is 1. The van der Waals surface area contributed by atoms with E-state index >= 15 is 0 Å². The van der Waals surface area contributed by atoms with E-state index in [4.69, 9.17) is 4.42 Å². The van der Waals surface area contributed by atoms with Crippen molar-refractivity contribution in [3.05, 3.63) is 218 Å².